The van der Waals surface area contributed by atoms with Crippen LogP contribution in [0.4, 0.5) is 0 Å². The third-order valence-corrected chi connectivity index (χ3v) is 6.35. The second kappa shape index (κ2) is 7.14. The lowest BCUT2D eigenvalue weighted by molar-refractivity contribution is -0.177. The number of nitrogens with zero attached hydrogens (tertiary/aromatic N) is 2. The van der Waals surface area contributed by atoms with E-state index in [-0.39, 0.29) is 11.7 Å². The number of ether oxygens (including phenoxy) is 1. The number of hydrogen-bond donors (Lipinski definition) is 2. The smallest absolute Gasteiger partial charge is 0.106 e. The zero-order valence-corrected chi connectivity index (χ0v) is 14.7. The maximum atomic E-state index is 10.3. The number of aliphatic hydroxyl groups is 1. The number of aromatic nitrogens is 2. The van der Waals surface area contributed by atoms with Crippen molar-refractivity contribution < 1.29 is 9.84 Å². The molecule has 1 saturated carbocycles. The number of aliphatic hydroxyl groups excluding tert-OH is 1. The Morgan fingerprint density at radius 3 is 2.75 bits per heavy atom. The van der Waals surface area contributed by atoms with Gasteiger partial charge in [-0.3, -0.25) is 4.90 Å². The second-order valence-corrected chi connectivity index (χ2v) is 8.06. The van der Waals surface area contributed by atoms with Crippen LogP contribution in [0.5, 0.6) is 0 Å². The molecule has 0 bridgehead atoms. The van der Waals surface area contributed by atoms with Crippen molar-refractivity contribution in [1.82, 2.24) is 14.9 Å². The minimum Gasteiger partial charge on any atom is -0.390 e. The molecule has 0 amide bonds. The Balaban J connectivity index is 1.28. The summed E-state index contributed by atoms with van der Waals surface area (Å²) in [6.07, 6.45) is 12.1. The van der Waals surface area contributed by atoms with Gasteiger partial charge in [0.1, 0.15) is 5.82 Å². The van der Waals surface area contributed by atoms with Gasteiger partial charge in [-0.05, 0) is 31.6 Å². The van der Waals surface area contributed by atoms with Gasteiger partial charge in [0.25, 0.3) is 0 Å². The van der Waals surface area contributed by atoms with Gasteiger partial charge in [0.05, 0.1) is 11.7 Å². The number of aromatic amines is 1. The Morgan fingerprint density at radius 2 is 2.00 bits per heavy atom. The second-order valence-electron chi connectivity index (χ2n) is 8.06. The highest BCUT2D eigenvalue weighted by Gasteiger charge is 2.43. The number of nitrogens with one attached hydrogen (secondary N) is 1. The van der Waals surface area contributed by atoms with E-state index in [1.54, 1.807) is 0 Å². The Kier molecular flexibility index (Phi) is 4.93. The molecule has 1 aliphatic carbocycles. The molecule has 5 nitrogen and oxygen atoms in total. The van der Waals surface area contributed by atoms with Crippen LogP contribution in [0.3, 0.4) is 0 Å². The van der Waals surface area contributed by atoms with Gasteiger partial charge in [-0.2, -0.15) is 0 Å². The summed E-state index contributed by atoms with van der Waals surface area (Å²) >= 11 is 0. The van der Waals surface area contributed by atoms with Crippen LogP contribution in [0.25, 0.3) is 0 Å². The summed E-state index contributed by atoms with van der Waals surface area (Å²) in [5.41, 5.74) is 0.958. The van der Waals surface area contributed by atoms with Gasteiger partial charge in [-0.25, -0.2) is 4.98 Å². The van der Waals surface area contributed by atoms with Gasteiger partial charge < -0.3 is 14.8 Å². The van der Waals surface area contributed by atoms with E-state index in [1.165, 1.54) is 31.4 Å². The van der Waals surface area contributed by atoms with Crippen LogP contribution >= 0.6 is 0 Å². The van der Waals surface area contributed by atoms with Crippen molar-refractivity contribution in [3.8, 4) is 0 Å². The molecule has 134 valence electrons. The Bertz CT molecular complexity index is 530. The Hall–Kier alpha value is -0.910. The molecule has 3 aliphatic rings. The molecule has 2 N–H and O–H groups in total. The van der Waals surface area contributed by atoms with Gasteiger partial charge in [0.2, 0.25) is 0 Å². The predicted molar refractivity (Wildman–Crippen MR) is 92.7 cm³/mol. The first-order valence-electron chi connectivity index (χ1n) is 9.81. The van der Waals surface area contributed by atoms with E-state index in [0.717, 1.165) is 70.1 Å². The molecule has 0 unspecified atom stereocenters. The lowest BCUT2D eigenvalue weighted by atomic mass is 9.82. The number of likely N-dealkylation sites (tertiary alicyclic amines) is 1. The van der Waals surface area contributed by atoms with Gasteiger partial charge in [-0.15, -0.1) is 0 Å². The van der Waals surface area contributed by atoms with Crippen LogP contribution in [0, 0.1) is 5.92 Å². The lowest BCUT2D eigenvalue weighted by Crippen LogP contribution is -2.55. The maximum Gasteiger partial charge on any atom is 0.106 e. The van der Waals surface area contributed by atoms with Crippen LogP contribution in [0.1, 0.15) is 62.9 Å². The van der Waals surface area contributed by atoms with Gasteiger partial charge in [0, 0.05) is 44.6 Å². The van der Waals surface area contributed by atoms with Crippen LogP contribution < -0.4 is 0 Å². The largest absolute Gasteiger partial charge is 0.390 e. The van der Waals surface area contributed by atoms with E-state index in [4.69, 9.17) is 4.74 Å². The molecule has 3 fully saturated rings. The highest BCUT2D eigenvalue weighted by atomic mass is 16.5. The molecule has 0 radical (unpaired) electrons. The Morgan fingerprint density at radius 1 is 1.21 bits per heavy atom. The van der Waals surface area contributed by atoms with E-state index >= 15 is 0 Å². The first-order valence-corrected chi connectivity index (χ1v) is 9.81. The zero-order chi connectivity index (χ0) is 16.4. The van der Waals surface area contributed by atoms with Crippen LogP contribution in [-0.2, 0) is 17.7 Å². The van der Waals surface area contributed by atoms with Crippen molar-refractivity contribution in [3.63, 3.8) is 0 Å². The van der Waals surface area contributed by atoms with Crippen molar-refractivity contribution in [3.05, 3.63) is 17.7 Å². The lowest BCUT2D eigenvalue weighted by Gasteiger charge is -2.46. The standard InChI is InChI=1S/C19H31N3O2/c23-17-6-3-11-24-19(17)7-9-22(10-8-19)14-16-13-20-18(21-16)12-15-4-1-2-5-15/h13,15,17,23H,1-12,14H2,(H,20,21)/t17-/m0/s1. The first-order chi connectivity index (χ1) is 11.7. The van der Waals surface area contributed by atoms with E-state index in [1.807, 2.05) is 6.20 Å². The SMILES string of the molecule is O[C@H]1CCCOC12CCN(Cc1cnc(CC3CCCC3)[nH]1)CC2. The molecule has 3 heterocycles. The number of imidazole rings is 1. The summed E-state index contributed by atoms with van der Waals surface area (Å²) in [6.45, 7) is 3.73. The molecule has 1 atom stereocenters. The van der Waals surface area contributed by atoms with Gasteiger partial charge in [0.15, 0.2) is 0 Å². The normalized spacial score (nSPS) is 28.6. The third kappa shape index (κ3) is 3.53. The quantitative estimate of drug-likeness (QED) is 0.889. The minimum absolute atomic E-state index is 0.267. The van der Waals surface area contributed by atoms with E-state index in [9.17, 15) is 5.11 Å². The van der Waals surface area contributed by atoms with Crippen molar-refractivity contribution in [2.45, 2.75) is 76.0 Å². The topological polar surface area (TPSA) is 61.4 Å². The van der Waals surface area contributed by atoms with Gasteiger partial charge in [-0.1, -0.05) is 25.7 Å². The molecule has 1 aromatic rings. The number of H-pyrrole nitrogens is 1. The maximum absolute atomic E-state index is 10.3. The predicted octanol–water partition coefficient (Wildman–Crippen LogP) is 2.65. The first kappa shape index (κ1) is 16.6. The summed E-state index contributed by atoms with van der Waals surface area (Å²) in [5.74, 6) is 2.00. The molecule has 24 heavy (non-hydrogen) atoms. The highest BCUT2D eigenvalue weighted by Crippen LogP contribution is 2.35. The van der Waals surface area contributed by atoms with Crippen LogP contribution in [0.2, 0.25) is 0 Å². The fraction of sp³-hybridized carbons (Fsp3) is 0.842. The van der Waals surface area contributed by atoms with Gasteiger partial charge >= 0.3 is 0 Å². The van der Waals surface area contributed by atoms with E-state index in [0.29, 0.717) is 0 Å². The highest BCUT2D eigenvalue weighted by molar-refractivity contribution is 5.04. The zero-order valence-electron chi connectivity index (χ0n) is 14.7. The van der Waals surface area contributed by atoms with Crippen molar-refractivity contribution in [2.75, 3.05) is 19.7 Å². The third-order valence-electron chi connectivity index (χ3n) is 6.35. The van der Waals surface area contributed by atoms with Crippen LogP contribution in [-0.4, -0.2) is 51.4 Å². The number of piperidine rings is 1. The molecular weight excluding hydrogens is 302 g/mol. The summed E-state index contributed by atoms with van der Waals surface area (Å²) < 4.78 is 6.00. The fourth-order valence-corrected chi connectivity index (χ4v) is 4.80. The summed E-state index contributed by atoms with van der Waals surface area (Å²) in [7, 11) is 0. The van der Waals surface area contributed by atoms with Crippen molar-refractivity contribution in [1.29, 1.82) is 0 Å². The fourth-order valence-electron chi connectivity index (χ4n) is 4.80. The summed E-state index contributed by atoms with van der Waals surface area (Å²) in [4.78, 5) is 10.6. The summed E-state index contributed by atoms with van der Waals surface area (Å²) in [5, 5.41) is 10.3. The molecule has 1 spiro atoms. The monoisotopic (exact) mass is 333 g/mol. The number of hydrogen-bond acceptors (Lipinski definition) is 4. The molecule has 1 aromatic heterocycles. The minimum atomic E-state index is -0.279. The molecule has 2 aliphatic heterocycles. The average molecular weight is 333 g/mol. The molecule has 2 saturated heterocycles. The van der Waals surface area contributed by atoms with Crippen LogP contribution in [0.15, 0.2) is 6.20 Å². The average Bonchev–Trinajstić information content (AvgIpc) is 3.25. The molecule has 0 aromatic carbocycles. The van der Waals surface area contributed by atoms with Crippen molar-refractivity contribution in [2.24, 2.45) is 5.92 Å². The Labute approximate surface area is 144 Å². The number of rotatable bonds is 4. The summed E-state index contributed by atoms with van der Waals surface area (Å²) in [6, 6.07) is 0. The molecule has 5 heteroatoms. The van der Waals surface area contributed by atoms with E-state index < -0.39 is 0 Å². The van der Waals surface area contributed by atoms with E-state index in [2.05, 4.69) is 14.9 Å². The van der Waals surface area contributed by atoms with Crippen molar-refractivity contribution >= 4 is 0 Å². The molecule has 4 rings (SSSR count). The molecular formula is C19H31N3O2.